The van der Waals surface area contributed by atoms with Crippen LogP contribution in [0.25, 0.3) is 0 Å². The second-order valence-corrected chi connectivity index (χ2v) is 8.50. The maximum absolute atomic E-state index is 12.7. The minimum absolute atomic E-state index is 0.00218. The van der Waals surface area contributed by atoms with Gasteiger partial charge in [-0.25, -0.2) is 0 Å². The van der Waals surface area contributed by atoms with Crippen LogP contribution in [-0.4, -0.2) is 52.7 Å². The number of rotatable bonds is 8. The number of benzene rings is 2. The molecule has 0 radical (unpaired) electrons. The number of hydrogen-bond acceptors (Lipinski definition) is 4. The third-order valence-electron chi connectivity index (χ3n) is 6.05. The third-order valence-corrected chi connectivity index (χ3v) is 6.05. The van der Waals surface area contributed by atoms with Crippen molar-refractivity contribution in [2.45, 2.75) is 19.3 Å². The number of nitrogens with one attached hydrogen (secondary N) is 1. The van der Waals surface area contributed by atoms with Crippen molar-refractivity contribution in [1.82, 2.24) is 20.0 Å². The lowest BCUT2D eigenvalue weighted by atomic mass is 9.96. The molecule has 33 heavy (non-hydrogen) atoms. The van der Waals surface area contributed by atoms with Crippen molar-refractivity contribution in [3.63, 3.8) is 0 Å². The van der Waals surface area contributed by atoms with E-state index in [1.165, 1.54) is 5.56 Å². The van der Waals surface area contributed by atoms with E-state index in [1.807, 2.05) is 47.4 Å². The first-order chi connectivity index (χ1) is 16.1. The van der Waals surface area contributed by atoms with Gasteiger partial charge < -0.3 is 15.0 Å². The molecule has 2 aromatic carbocycles. The molecule has 2 amide bonds. The Balaban J connectivity index is 1.22. The molecule has 7 nitrogen and oxygen atoms in total. The van der Waals surface area contributed by atoms with E-state index >= 15 is 0 Å². The van der Waals surface area contributed by atoms with Gasteiger partial charge in [0.25, 0.3) is 11.8 Å². The molecular weight excluding hydrogens is 416 g/mol. The Morgan fingerprint density at radius 1 is 1.06 bits per heavy atom. The lowest BCUT2D eigenvalue weighted by molar-refractivity contribution is -0.134. The highest BCUT2D eigenvalue weighted by molar-refractivity contribution is 5.93. The zero-order chi connectivity index (χ0) is 23.0. The molecule has 4 rings (SSSR count). The van der Waals surface area contributed by atoms with Gasteiger partial charge >= 0.3 is 0 Å². The van der Waals surface area contributed by atoms with E-state index in [0.717, 1.165) is 30.6 Å². The average Bonchev–Trinajstić information content (AvgIpc) is 3.29. The zero-order valence-electron chi connectivity index (χ0n) is 18.9. The average molecular weight is 447 g/mol. The summed E-state index contributed by atoms with van der Waals surface area (Å²) in [6.07, 6.45) is 5.76. The van der Waals surface area contributed by atoms with Crippen molar-refractivity contribution in [3.8, 4) is 5.75 Å². The van der Waals surface area contributed by atoms with Crippen LogP contribution in [0.4, 0.5) is 0 Å². The first-order valence-corrected chi connectivity index (χ1v) is 11.4. The van der Waals surface area contributed by atoms with Gasteiger partial charge in [0.1, 0.15) is 5.75 Å². The van der Waals surface area contributed by atoms with Crippen LogP contribution in [0.15, 0.2) is 67.0 Å². The van der Waals surface area contributed by atoms with E-state index < -0.39 is 0 Å². The standard InChI is InChI=1S/C26H30N4O3/c1-29-18-23(17-28-29)26(32)27-16-21-11-13-30(14-12-21)25(31)19-33-24-10-6-5-9-22(24)15-20-7-3-2-4-8-20/h2-10,17-18,21H,11-16,19H2,1H3,(H,27,32). The summed E-state index contributed by atoms with van der Waals surface area (Å²) in [5, 5.41) is 7.01. The van der Waals surface area contributed by atoms with Crippen molar-refractivity contribution in [2.75, 3.05) is 26.2 Å². The first kappa shape index (κ1) is 22.6. The fraction of sp³-hybridized carbons (Fsp3) is 0.346. The van der Waals surface area contributed by atoms with Crippen LogP contribution in [0, 0.1) is 5.92 Å². The number of ether oxygens (including phenoxy) is 1. The van der Waals surface area contributed by atoms with Gasteiger partial charge in [0, 0.05) is 39.3 Å². The van der Waals surface area contributed by atoms with Crippen molar-refractivity contribution in [2.24, 2.45) is 13.0 Å². The topological polar surface area (TPSA) is 76.5 Å². The Bertz CT molecular complexity index is 1070. The molecule has 1 aliphatic heterocycles. The zero-order valence-corrected chi connectivity index (χ0v) is 18.9. The predicted octanol–water partition coefficient (Wildman–Crippen LogP) is 3.06. The van der Waals surface area contributed by atoms with Crippen molar-refractivity contribution < 1.29 is 14.3 Å². The maximum Gasteiger partial charge on any atom is 0.260 e. The minimum atomic E-state index is -0.107. The maximum atomic E-state index is 12.7. The molecule has 3 aromatic rings. The van der Waals surface area contributed by atoms with Gasteiger partial charge in [-0.2, -0.15) is 5.10 Å². The summed E-state index contributed by atoms with van der Waals surface area (Å²) in [5.74, 6) is 1.01. The summed E-state index contributed by atoms with van der Waals surface area (Å²) in [6.45, 7) is 2.01. The Morgan fingerprint density at radius 3 is 2.52 bits per heavy atom. The van der Waals surface area contributed by atoms with Crippen LogP contribution in [0.5, 0.6) is 5.75 Å². The van der Waals surface area contributed by atoms with Crippen LogP contribution in [0.2, 0.25) is 0 Å². The number of para-hydroxylation sites is 1. The van der Waals surface area contributed by atoms with Crippen LogP contribution < -0.4 is 10.1 Å². The quantitative estimate of drug-likeness (QED) is 0.577. The van der Waals surface area contributed by atoms with Gasteiger partial charge in [-0.15, -0.1) is 0 Å². The van der Waals surface area contributed by atoms with Crippen molar-refractivity contribution in [3.05, 3.63) is 83.7 Å². The molecule has 7 heteroatoms. The first-order valence-electron chi connectivity index (χ1n) is 11.4. The summed E-state index contributed by atoms with van der Waals surface area (Å²) in [4.78, 5) is 26.8. The Hall–Kier alpha value is -3.61. The van der Waals surface area contributed by atoms with Gasteiger partial charge in [0.05, 0.1) is 11.8 Å². The predicted molar refractivity (Wildman–Crippen MR) is 126 cm³/mol. The second kappa shape index (κ2) is 10.8. The highest BCUT2D eigenvalue weighted by atomic mass is 16.5. The Kier molecular flexibility index (Phi) is 7.40. The number of carbonyl (C=O) groups is 2. The number of nitrogens with zero attached hydrogens (tertiary/aromatic N) is 3. The Morgan fingerprint density at radius 2 is 1.79 bits per heavy atom. The molecule has 0 saturated carbocycles. The van der Waals surface area contributed by atoms with Gasteiger partial charge in [0.2, 0.25) is 0 Å². The Labute approximate surface area is 194 Å². The van der Waals surface area contributed by atoms with E-state index in [1.54, 1.807) is 24.1 Å². The SMILES string of the molecule is Cn1cc(C(=O)NCC2CCN(C(=O)COc3ccccc3Cc3ccccc3)CC2)cn1. The minimum Gasteiger partial charge on any atom is -0.483 e. The summed E-state index contributed by atoms with van der Waals surface area (Å²) >= 11 is 0. The van der Waals surface area contributed by atoms with Crippen LogP contribution >= 0.6 is 0 Å². The molecule has 172 valence electrons. The number of hydrogen-bond donors (Lipinski definition) is 1. The molecule has 1 N–H and O–H groups in total. The fourth-order valence-corrected chi connectivity index (χ4v) is 4.10. The second-order valence-electron chi connectivity index (χ2n) is 8.50. The van der Waals surface area contributed by atoms with Crippen molar-refractivity contribution >= 4 is 11.8 Å². The van der Waals surface area contributed by atoms with E-state index in [4.69, 9.17) is 4.74 Å². The molecule has 0 spiro atoms. The lowest BCUT2D eigenvalue weighted by Gasteiger charge is -2.32. The number of likely N-dealkylation sites (tertiary alicyclic amines) is 1. The molecule has 1 aromatic heterocycles. The van der Waals surface area contributed by atoms with Crippen LogP contribution in [0.1, 0.15) is 34.3 Å². The van der Waals surface area contributed by atoms with Crippen molar-refractivity contribution in [1.29, 1.82) is 0 Å². The number of carbonyl (C=O) groups excluding carboxylic acids is 2. The van der Waals surface area contributed by atoms with E-state index in [-0.39, 0.29) is 18.4 Å². The molecule has 1 fully saturated rings. The largest absolute Gasteiger partial charge is 0.483 e. The fourth-order valence-electron chi connectivity index (χ4n) is 4.10. The molecular formula is C26H30N4O3. The number of aromatic nitrogens is 2. The molecule has 0 aliphatic carbocycles. The third kappa shape index (κ3) is 6.22. The van der Waals surface area contributed by atoms with E-state index in [0.29, 0.717) is 31.1 Å². The van der Waals surface area contributed by atoms with Gasteiger partial charge in [-0.3, -0.25) is 14.3 Å². The van der Waals surface area contributed by atoms with Gasteiger partial charge in [0.15, 0.2) is 6.61 Å². The summed E-state index contributed by atoms with van der Waals surface area (Å²) in [7, 11) is 1.79. The summed E-state index contributed by atoms with van der Waals surface area (Å²) in [6, 6.07) is 18.1. The number of piperidine rings is 1. The number of aryl methyl sites for hydroxylation is 1. The molecule has 0 atom stereocenters. The monoisotopic (exact) mass is 446 g/mol. The lowest BCUT2D eigenvalue weighted by Crippen LogP contribution is -2.43. The summed E-state index contributed by atoms with van der Waals surface area (Å²) in [5.41, 5.74) is 2.84. The summed E-state index contributed by atoms with van der Waals surface area (Å²) < 4.78 is 7.54. The molecule has 2 heterocycles. The molecule has 1 saturated heterocycles. The molecule has 1 aliphatic rings. The van der Waals surface area contributed by atoms with E-state index in [2.05, 4.69) is 22.5 Å². The van der Waals surface area contributed by atoms with Crippen LogP contribution in [-0.2, 0) is 18.3 Å². The molecule has 0 bridgehead atoms. The van der Waals surface area contributed by atoms with Crippen LogP contribution in [0.3, 0.4) is 0 Å². The van der Waals surface area contributed by atoms with Gasteiger partial charge in [-0.05, 0) is 36.0 Å². The van der Waals surface area contributed by atoms with Gasteiger partial charge in [-0.1, -0.05) is 48.5 Å². The highest BCUT2D eigenvalue weighted by Crippen LogP contribution is 2.22. The van der Waals surface area contributed by atoms with E-state index in [9.17, 15) is 9.59 Å². The number of amides is 2. The highest BCUT2D eigenvalue weighted by Gasteiger charge is 2.24. The smallest absolute Gasteiger partial charge is 0.260 e. The molecule has 0 unspecified atom stereocenters. The normalized spacial score (nSPS) is 14.2.